The molecule has 0 bridgehead atoms. The van der Waals surface area contributed by atoms with Gasteiger partial charge in [-0.2, -0.15) is 0 Å². The number of fused-ring (bicyclic) bond motifs is 1. The Balaban J connectivity index is 2.53. The third-order valence-electron chi connectivity index (χ3n) is 2.39. The van der Waals surface area contributed by atoms with Gasteiger partial charge in [0.05, 0.1) is 0 Å². The molecule has 1 atom stereocenters. The van der Waals surface area contributed by atoms with E-state index in [1.165, 1.54) is 10.0 Å². The fourth-order valence-corrected chi connectivity index (χ4v) is 1.80. The lowest BCUT2D eigenvalue weighted by atomic mass is 9.92. The number of pyridine rings is 1. The molecule has 0 saturated heterocycles. The van der Waals surface area contributed by atoms with E-state index in [2.05, 4.69) is 0 Å². The van der Waals surface area contributed by atoms with Crippen molar-refractivity contribution in [3.63, 3.8) is 0 Å². The maximum atomic E-state index is 9.64. The van der Waals surface area contributed by atoms with Crippen LogP contribution < -0.4 is 4.48 Å². The van der Waals surface area contributed by atoms with Gasteiger partial charge in [0.2, 0.25) is 0 Å². The second-order valence-corrected chi connectivity index (χ2v) is 3.23. The number of nitrogens with zero attached hydrogens (tertiary/aromatic N) is 1. The standard InChI is InChI=1S/C9H11BNO/c10-11-6-2-4-7-3-1-5-8(12)9(7)11/h2,4,6,8,12H,1,3,5H2/q+1. The molecular formula is C9H11BNO+. The summed E-state index contributed by atoms with van der Waals surface area (Å²) in [6, 6.07) is 3.94. The van der Waals surface area contributed by atoms with Crippen molar-refractivity contribution in [3.05, 3.63) is 29.6 Å². The fraction of sp³-hybridized carbons (Fsp3) is 0.444. The molecule has 1 aromatic heterocycles. The molecule has 12 heavy (non-hydrogen) atoms. The van der Waals surface area contributed by atoms with Crippen LogP contribution in [0.5, 0.6) is 0 Å². The Morgan fingerprint density at radius 3 is 3.17 bits per heavy atom. The predicted molar refractivity (Wildman–Crippen MR) is 45.7 cm³/mol. The largest absolute Gasteiger partial charge is 0.586 e. The molecule has 60 valence electrons. The quantitative estimate of drug-likeness (QED) is 0.541. The zero-order valence-electron chi connectivity index (χ0n) is 6.90. The molecule has 2 radical (unpaired) electrons. The Morgan fingerprint density at radius 2 is 2.42 bits per heavy atom. The number of aliphatic hydroxyl groups is 1. The summed E-state index contributed by atoms with van der Waals surface area (Å²) < 4.78 is 1.53. The van der Waals surface area contributed by atoms with Crippen LogP contribution in [0.4, 0.5) is 0 Å². The first-order valence-corrected chi connectivity index (χ1v) is 4.25. The van der Waals surface area contributed by atoms with E-state index in [9.17, 15) is 5.11 Å². The van der Waals surface area contributed by atoms with Gasteiger partial charge in [-0.15, -0.1) is 0 Å². The lowest BCUT2D eigenvalue weighted by molar-refractivity contribution is -0.538. The lowest BCUT2D eigenvalue weighted by Gasteiger charge is -2.17. The monoisotopic (exact) mass is 160 g/mol. The van der Waals surface area contributed by atoms with Gasteiger partial charge in [0.25, 0.3) is 0 Å². The van der Waals surface area contributed by atoms with Gasteiger partial charge in [-0.05, 0) is 31.4 Å². The van der Waals surface area contributed by atoms with E-state index in [1.807, 2.05) is 12.1 Å². The highest BCUT2D eigenvalue weighted by molar-refractivity contribution is 5.95. The number of aliphatic hydroxyl groups excluding tert-OH is 1. The molecule has 1 aromatic rings. The van der Waals surface area contributed by atoms with Crippen molar-refractivity contribution < 1.29 is 9.58 Å². The van der Waals surface area contributed by atoms with Gasteiger partial charge < -0.3 is 5.11 Å². The summed E-state index contributed by atoms with van der Waals surface area (Å²) in [5.41, 5.74) is 2.06. The normalized spacial score (nSPS) is 21.9. The Bertz CT molecular complexity index is 301. The predicted octanol–water partition coefficient (Wildman–Crippen LogP) is 0.275. The average molecular weight is 160 g/mol. The fourth-order valence-electron chi connectivity index (χ4n) is 1.80. The Kier molecular flexibility index (Phi) is 1.89. The summed E-state index contributed by atoms with van der Waals surface area (Å²) in [6.45, 7) is 0. The molecular weight excluding hydrogens is 149 g/mol. The number of hydrogen-bond donors (Lipinski definition) is 1. The van der Waals surface area contributed by atoms with Crippen LogP contribution >= 0.6 is 0 Å². The summed E-state index contributed by atoms with van der Waals surface area (Å²) in [4.78, 5) is 0. The number of aromatic nitrogens is 1. The molecule has 0 saturated carbocycles. The summed E-state index contributed by atoms with van der Waals surface area (Å²) in [6.07, 6.45) is 4.31. The topological polar surface area (TPSA) is 24.1 Å². The highest BCUT2D eigenvalue weighted by Crippen LogP contribution is 2.25. The maximum Gasteiger partial charge on any atom is 0.586 e. The van der Waals surface area contributed by atoms with Crippen molar-refractivity contribution in [2.45, 2.75) is 25.4 Å². The third-order valence-corrected chi connectivity index (χ3v) is 2.39. The van der Waals surface area contributed by atoms with Crippen LogP contribution in [0.1, 0.15) is 30.2 Å². The molecule has 1 N–H and O–H groups in total. The smallest absolute Gasteiger partial charge is 0.382 e. The van der Waals surface area contributed by atoms with Crippen LogP contribution in [0.2, 0.25) is 0 Å². The van der Waals surface area contributed by atoms with Crippen molar-refractivity contribution in [2.75, 3.05) is 0 Å². The summed E-state index contributed by atoms with van der Waals surface area (Å²) in [5.74, 6) is 0. The van der Waals surface area contributed by atoms with E-state index < -0.39 is 0 Å². The number of hydrogen-bond acceptors (Lipinski definition) is 1. The highest BCUT2D eigenvalue weighted by atomic mass is 16.3. The molecule has 0 fully saturated rings. The lowest BCUT2D eigenvalue weighted by Crippen LogP contribution is -2.39. The minimum Gasteiger partial charge on any atom is -0.382 e. The van der Waals surface area contributed by atoms with E-state index in [-0.39, 0.29) is 6.10 Å². The molecule has 1 aliphatic carbocycles. The van der Waals surface area contributed by atoms with Crippen molar-refractivity contribution >= 4 is 7.98 Å². The van der Waals surface area contributed by atoms with Gasteiger partial charge in [-0.1, -0.05) is 0 Å². The van der Waals surface area contributed by atoms with E-state index in [0.29, 0.717) is 0 Å². The molecule has 0 aliphatic heterocycles. The van der Waals surface area contributed by atoms with Crippen LogP contribution in [0.25, 0.3) is 0 Å². The van der Waals surface area contributed by atoms with Gasteiger partial charge >= 0.3 is 7.98 Å². The van der Waals surface area contributed by atoms with Gasteiger partial charge in [0.1, 0.15) is 12.3 Å². The van der Waals surface area contributed by atoms with Crippen LogP contribution in [-0.2, 0) is 6.42 Å². The van der Waals surface area contributed by atoms with E-state index in [0.717, 1.165) is 25.0 Å². The molecule has 2 rings (SSSR count). The summed E-state index contributed by atoms with van der Waals surface area (Å²) >= 11 is 0. The van der Waals surface area contributed by atoms with E-state index in [1.54, 1.807) is 6.20 Å². The van der Waals surface area contributed by atoms with E-state index >= 15 is 0 Å². The van der Waals surface area contributed by atoms with Crippen molar-refractivity contribution in [1.82, 2.24) is 0 Å². The Morgan fingerprint density at radius 1 is 1.58 bits per heavy atom. The second-order valence-electron chi connectivity index (χ2n) is 3.23. The number of aryl methyl sites for hydroxylation is 1. The van der Waals surface area contributed by atoms with Gasteiger partial charge in [-0.3, -0.25) is 4.48 Å². The minimum atomic E-state index is -0.375. The first kappa shape index (κ1) is 7.81. The zero-order chi connectivity index (χ0) is 8.55. The van der Waals surface area contributed by atoms with E-state index in [4.69, 9.17) is 7.98 Å². The SMILES string of the molecule is [B][n+]1cccc2c1C(O)CCC2. The first-order chi connectivity index (χ1) is 5.79. The van der Waals surface area contributed by atoms with Crippen LogP contribution in [-0.4, -0.2) is 13.1 Å². The molecule has 0 amide bonds. The zero-order valence-corrected chi connectivity index (χ0v) is 6.90. The van der Waals surface area contributed by atoms with Crippen molar-refractivity contribution in [3.8, 4) is 0 Å². The second kappa shape index (κ2) is 2.90. The van der Waals surface area contributed by atoms with Crippen LogP contribution in [0, 0.1) is 0 Å². The Labute approximate surface area is 73.3 Å². The first-order valence-electron chi connectivity index (χ1n) is 4.25. The summed E-state index contributed by atoms with van der Waals surface area (Å²) in [7, 11) is 5.69. The van der Waals surface area contributed by atoms with Crippen molar-refractivity contribution in [2.24, 2.45) is 0 Å². The molecule has 3 heteroatoms. The van der Waals surface area contributed by atoms with Crippen LogP contribution in [0.3, 0.4) is 0 Å². The molecule has 1 aliphatic rings. The average Bonchev–Trinajstić information content (AvgIpc) is 2.04. The van der Waals surface area contributed by atoms with Crippen LogP contribution in [0.15, 0.2) is 18.3 Å². The summed E-state index contributed by atoms with van der Waals surface area (Å²) in [5, 5.41) is 9.64. The third kappa shape index (κ3) is 1.14. The highest BCUT2D eigenvalue weighted by Gasteiger charge is 2.25. The Hall–Kier alpha value is -0.825. The number of rotatable bonds is 0. The molecule has 1 heterocycles. The molecule has 1 unspecified atom stereocenters. The minimum absolute atomic E-state index is 0.375. The molecule has 0 aromatic carbocycles. The van der Waals surface area contributed by atoms with Gasteiger partial charge in [-0.25, -0.2) is 0 Å². The van der Waals surface area contributed by atoms with Gasteiger partial charge in [0, 0.05) is 5.56 Å². The maximum absolute atomic E-state index is 9.64. The van der Waals surface area contributed by atoms with Gasteiger partial charge in [0.15, 0.2) is 5.69 Å². The molecule has 2 nitrogen and oxygen atoms in total. The molecule has 0 spiro atoms. The van der Waals surface area contributed by atoms with Crippen molar-refractivity contribution in [1.29, 1.82) is 0 Å².